The molecule has 0 bridgehead atoms. The average Bonchev–Trinajstić information content (AvgIpc) is 1.25. The van der Waals surface area contributed by atoms with Gasteiger partial charge in [-0.05, 0) is 13.8 Å². The molecular formula is C5H9CuO2. The van der Waals surface area contributed by atoms with Gasteiger partial charge in [0.25, 0.3) is 0 Å². The summed E-state index contributed by atoms with van der Waals surface area (Å²) in [6.07, 6.45) is 0. The van der Waals surface area contributed by atoms with E-state index in [4.69, 9.17) is 0 Å². The Morgan fingerprint density at radius 3 is 1.12 bits per heavy atom. The van der Waals surface area contributed by atoms with Gasteiger partial charge in [-0.25, -0.2) is 0 Å². The third kappa shape index (κ3) is 7010. The van der Waals surface area contributed by atoms with E-state index in [1.54, 1.807) is 0 Å². The molecule has 0 unspecified atom stereocenters. The van der Waals surface area contributed by atoms with Crippen LogP contribution in [0.4, 0.5) is 0 Å². The zero-order valence-electron chi connectivity index (χ0n) is 5.12. The van der Waals surface area contributed by atoms with Crippen LogP contribution in [-0.2, 0) is 25.6 Å². The topological polar surface area (TPSA) is 34.1 Å². The number of carbonyl (C=O) groups is 2. The molecule has 0 aliphatic rings. The molecule has 0 N–H and O–H groups in total. The Bertz CT molecular complexity index is 68.4. The van der Waals surface area contributed by atoms with E-state index in [0.717, 1.165) is 0 Å². The maximum atomic E-state index is 9.44. The van der Waals surface area contributed by atoms with Gasteiger partial charge < -0.3 is 4.79 Å². The van der Waals surface area contributed by atoms with Crippen LogP contribution in [0.5, 0.6) is 0 Å². The second-order valence-corrected chi connectivity index (χ2v) is 1.99. The second-order valence-electron chi connectivity index (χ2n) is 1.32. The molecule has 3 heteroatoms. The molecule has 0 aromatic carbocycles. The van der Waals surface area contributed by atoms with Gasteiger partial charge in [-0.15, -0.1) is 0 Å². The van der Waals surface area contributed by atoms with Crippen molar-refractivity contribution in [3.8, 4) is 0 Å². The Morgan fingerprint density at radius 2 is 1.12 bits per heavy atom. The summed E-state index contributed by atoms with van der Waals surface area (Å²) in [6.45, 7) is 4.39. The predicted molar refractivity (Wildman–Crippen MR) is 27.0 cm³/mol. The van der Waals surface area contributed by atoms with Crippen LogP contribution in [0.2, 0.25) is 0 Å². The van der Waals surface area contributed by atoms with E-state index >= 15 is 0 Å². The normalized spacial score (nSPS) is 6.62. The van der Waals surface area contributed by atoms with E-state index in [-0.39, 0.29) is 10.5 Å². The first-order valence-corrected chi connectivity index (χ1v) is 2.53. The Balaban J connectivity index is 0. The molecular weight excluding hydrogens is 156 g/mol. The minimum absolute atomic E-state index is 0.167. The zero-order valence-corrected chi connectivity index (χ0v) is 6.06. The molecule has 0 spiro atoms. The SMILES string of the molecule is CC(C)=O.C[C](=O)[Cu]. The zero-order chi connectivity index (χ0) is 7.15. The Labute approximate surface area is 57.5 Å². The summed E-state index contributed by atoms with van der Waals surface area (Å²) < 4.78 is -0.271. The Hall–Kier alpha value is -0.141. The van der Waals surface area contributed by atoms with E-state index in [1.165, 1.54) is 20.8 Å². The fraction of sp³-hybridized carbons (Fsp3) is 0.600. The van der Waals surface area contributed by atoms with Crippen molar-refractivity contribution in [1.29, 1.82) is 0 Å². The van der Waals surface area contributed by atoms with E-state index in [0.29, 0.717) is 0 Å². The van der Waals surface area contributed by atoms with E-state index < -0.39 is 0 Å². The van der Waals surface area contributed by atoms with Crippen LogP contribution in [0.25, 0.3) is 0 Å². The molecule has 8 heavy (non-hydrogen) atoms. The summed E-state index contributed by atoms with van der Waals surface area (Å²) in [5.74, 6) is 0.167. The number of hydrogen-bond acceptors (Lipinski definition) is 2. The molecule has 0 fully saturated rings. The van der Waals surface area contributed by atoms with Crippen LogP contribution in [0.3, 0.4) is 0 Å². The first-order chi connectivity index (χ1) is 3.46. The standard InChI is InChI=1S/C3H6O.C2H3O.Cu/c1-3(2)4;1-2-3;/h1-2H3;1H3;. The maximum absolute atomic E-state index is 9.44. The van der Waals surface area contributed by atoms with Crippen LogP contribution in [0.1, 0.15) is 20.8 Å². The fourth-order valence-electron chi connectivity index (χ4n) is 0. The quantitative estimate of drug-likeness (QED) is 0.494. The Morgan fingerprint density at radius 1 is 1.12 bits per heavy atom. The van der Waals surface area contributed by atoms with Gasteiger partial charge in [0.1, 0.15) is 5.78 Å². The van der Waals surface area contributed by atoms with Crippen molar-refractivity contribution in [1.82, 2.24) is 0 Å². The van der Waals surface area contributed by atoms with Gasteiger partial charge in [-0.2, -0.15) is 0 Å². The number of rotatable bonds is 0. The third-order valence-corrected chi connectivity index (χ3v) is 0. The van der Waals surface area contributed by atoms with Crippen molar-refractivity contribution in [2.45, 2.75) is 20.8 Å². The first-order valence-electron chi connectivity index (χ1n) is 2.06. The van der Waals surface area contributed by atoms with Crippen LogP contribution in [0.15, 0.2) is 0 Å². The summed E-state index contributed by atoms with van der Waals surface area (Å²) >= 11 is 4.10. The fourth-order valence-corrected chi connectivity index (χ4v) is 0. The van der Waals surface area contributed by atoms with Gasteiger partial charge in [0.05, 0.1) is 0 Å². The van der Waals surface area contributed by atoms with Crippen molar-refractivity contribution in [2.24, 2.45) is 0 Å². The van der Waals surface area contributed by atoms with Gasteiger partial charge in [0.2, 0.25) is 0 Å². The van der Waals surface area contributed by atoms with Crippen molar-refractivity contribution >= 4 is 10.5 Å². The van der Waals surface area contributed by atoms with Gasteiger partial charge in [-0.3, -0.25) is 0 Å². The summed E-state index contributed by atoms with van der Waals surface area (Å²) in [5, 5.41) is 0. The number of Topliss-reactive ketones (excluding diaryl/α,β-unsaturated/α-hetero) is 1. The van der Waals surface area contributed by atoms with Gasteiger partial charge in [-0.1, -0.05) is 0 Å². The van der Waals surface area contributed by atoms with E-state index in [1.807, 2.05) is 0 Å². The third-order valence-electron chi connectivity index (χ3n) is 0. The molecule has 0 amide bonds. The first kappa shape index (κ1) is 10.8. The van der Waals surface area contributed by atoms with Crippen molar-refractivity contribution in [3.63, 3.8) is 0 Å². The Kier molecular flexibility index (Phi) is 9.24. The second kappa shape index (κ2) is 6.86. The van der Waals surface area contributed by atoms with E-state index in [9.17, 15) is 9.59 Å². The molecule has 2 nitrogen and oxygen atoms in total. The molecule has 0 aliphatic carbocycles. The monoisotopic (exact) mass is 164 g/mol. The number of hydrogen-bond donors (Lipinski definition) is 0. The molecule has 0 aromatic rings. The van der Waals surface area contributed by atoms with Crippen LogP contribution >= 0.6 is 0 Å². The molecule has 52 valence electrons. The van der Waals surface area contributed by atoms with Crippen LogP contribution in [0, 0.1) is 0 Å². The molecule has 0 aliphatic heterocycles. The number of carbonyl (C=O) groups excluding carboxylic acids is 2. The molecule has 0 rings (SSSR count). The van der Waals surface area contributed by atoms with Crippen molar-refractivity contribution in [2.75, 3.05) is 0 Å². The molecule has 0 aromatic heterocycles. The van der Waals surface area contributed by atoms with E-state index in [2.05, 4.69) is 16.0 Å². The molecule has 0 saturated heterocycles. The van der Waals surface area contributed by atoms with Crippen molar-refractivity contribution < 1.29 is 25.6 Å². The number of ketones is 1. The summed E-state index contributed by atoms with van der Waals surface area (Å²) in [5.41, 5.74) is 0. The summed E-state index contributed by atoms with van der Waals surface area (Å²) in [7, 11) is 0. The van der Waals surface area contributed by atoms with Gasteiger partial charge in [0.15, 0.2) is 0 Å². The average molecular weight is 165 g/mol. The van der Waals surface area contributed by atoms with Gasteiger partial charge in [0, 0.05) is 0 Å². The molecule has 0 saturated carbocycles. The predicted octanol–water partition coefficient (Wildman–Crippen LogP) is 0.675. The van der Waals surface area contributed by atoms with Crippen molar-refractivity contribution in [3.05, 3.63) is 0 Å². The molecule has 0 radical (unpaired) electrons. The minimum atomic E-state index is -0.271. The summed E-state index contributed by atoms with van der Waals surface area (Å²) in [6, 6.07) is 0. The molecule has 0 atom stereocenters. The van der Waals surface area contributed by atoms with Crippen LogP contribution < -0.4 is 0 Å². The van der Waals surface area contributed by atoms with Crippen LogP contribution in [-0.4, -0.2) is 10.5 Å². The van der Waals surface area contributed by atoms with Gasteiger partial charge >= 0.3 is 32.4 Å². The summed E-state index contributed by atoms with van der Waals surface area (Å²) in [4.78, 5) is 18.7. The molecule has 0 heterocycles.